The molecule has 3 rings (SSSR count). The molecule has 1 saturated carbocycles. The Morgan fingerprint density at radius 2 is 2.00 bits per heavy atom. The quantitative estimate of drug-likeness (QED) is 0.889. The van der Waals surface area contributed by atoms with Crippen LogP contribution in [0.4, 0.5) is 0 Å². The van der Waals surface area contributed by atoms with Crippen LogP contribution in [0.15, 0.2) is 40.9 Å². The normalized spacial score (nSPS) is 21.7. The molecular weight excluding hydrogens is 292 g/mol. The maximum absolute atomic E-state index is 12.5. The molecule has 1 aromatic carbocycles. The van der Waals surface area contributed by atoms with Crippen molar-refractivity contribution in [3.05, 3.63) is 53.4 Å². The van der Waals surface area contributed by atoms with E-state index in [0.717, 1.165) is 11.3 Å². The Hall–Kier alpha value is -2.14. The van der Waals surface area contributed by atoms with Crippen molar-refractivity contribution in [2.45, 2.75) is 44.8 Å². The molecule has 2 aromatic rings. The van der Waals surface area contributed by atoms with Gasteiger partial charge >= 0.3 is 0 Å². The average molecular weight is 314 g/mol. The van der Waals surface area contributed by atoms with E-state index < -0.39 is 0 Å². The van der Waals surface area contributed by atoms with Crippen molar-refractivity contribution in [3.63, 3.8) is 0 Å². The van der Waals surface area contributed by atoms with Crippen molar-refractivity contribution in [3.8, 4) is 0 Å². The molecule has 5 nitrogen and oxygen atoms in total. The Morgan fingerprint density at radius 3 is 2.57 bits per heavy atom. The first-order valence-corrected chi connectivity index (χ1v) is 8.05. The number of hydrogen-bond acceptors (Lipinski definition) is 4. The lowest BCUT2D eigenvalue weighted by molar-refractivity contribution is 0.0231. The van der Waals surface area contributed by atoms with Gasteiger partial charge in [-0.15, -0.1) is 0 Å². The molecule has 1 heterocycles. The second kappa shape index (κ2) is 6.54. The van der Waals surface area contributed by atoms with Crippen LogP contribution in [0.25, 0.3) is 0 Å². The van der Waals surface area contributed by atoms with E-state index >= 15 is 0 Å². The van der Waals surface area contributed by atoms with E-state index in [1.807, 2.05) is 44.2 Å². The van der Waals surface area contributed by atoms with Crippen LogP contribution in [0.5, 0.6) is 0 Å². The molecule has 0 aliphatic heterocycles. The van der Waals surface area contributed by atoms with Crippen molar-refractivity contribution in [2.24, 2.45) is 5.92 Å². The third-order valence-electron chi connectivity index (χ3n) is 4.41. The molecule has 0 bridgehead atoms. The minimum atomic E-state index is -0.264. The largest absolute Gasteiger partial charge is 0.393 e. The molecule has 0 unspecified atom stereocenters. The fourth-order valence-electron chi connectivity index (χ4n) is 2.92. The summed E-state index contributed by atoms with van der Waals surface area (Å²) in [4.78, 5) is 12.5. The maximum atomic E-state index is 12.5. The molecule has 23 heavy (non-hydrogen) atoms. The summed E-state index contributed by atoms with van der Waals surface area (Å²) < 4.78 is 5.17. The lowest BCUT2D eigenvalue weighted by Crippen LogP contribution is -2.41. The van der Waals surface area contributed by atoms with Gasteiger partial charge < -0.3 is 14.9 Å². The monoisotopic (exact) mass is 314 g/mol. The zero-order valence-corrected chi connectivity index (χ0v) is 13.4. The Labute approximate surface area is 135 Å². The first-order valence-electron chi connectivity index (χ1n) is 8.05. The van der Waals surface area contributed by atoms with Crippen LogP contribution >= 0.6 is 0 Å². The van der Waals surface area contributed by atoms with Gasteiger partial charge in [0.1, 0.15) is 0 Å². The van der Waals surface area contributed by atoms with E-state index in [9.17, 15) is 9.90 Å². The fraction of sp³-hybridized carbons (Fsp3) is 0.444. The Balaban J connectivity index is 1.76. The summed E-state index contributed by atoms with van der Waals surface area (Å²) in [7, 11) is 0. The first-order chi connectivity index (χ1) is 11.0. The predicted molar refractivity (Wildman–Crippen MR) is 86.0 cm³/mol. The van der Waals surface area contributed by atoms with Crippen molar-refractivity contribution in [1.82, 2.24) is 10.5 Å². The number of benzene rings is 1. The SMILES string of the molecule is CC(C)c1cc(C(=O)N[C@H](c2ccccc2)C2CC(O)C2)on1. The molecule has 122 valence electrons. The van der Waals surface area contributed by atoms with Gasteiger partial charge in [0.2, 0.25) is 5.76 Å². The number of aromatic nitrogens is 1. The third kappa shape index (κ3) is 3.45. The zero-order valence-electron chi connectivity index (χ0n) is 13.4. The smallest absolute Gasteiger partial charge is 0.290 e. The second-order valence-corrected chi connectivity index (χ2v) is 6.52. The number of carbonyl (C=O) groups excluding carboxylic acids is 1. The summed E-state index contributed by atoms with van der Waals surface area (Å²) in [5.74, 6) is 0.421. The van der Waals surface area contributed by atoms with E-state index in [0.29, 0.717) is 12.8 Å². The molecule has 0 radical (unpaired) electrons. The van der Waals surface area contributed by atoms with Crippen LogP contribution in [0.3, 0.4) is 0 Å². The molecule has 1 amide bonds. The molecule has 5 heteroatoms. The lowest BCUT2D eigenvalue weighted by Gasteiger charge is -2.38. The number of hydrogen-bond donors (Lipinski definition) is 2. The Kier molecular flexibility index (Phi) is 4.48. The van der Waals surface area contributed by atoms with Crippen LogP contribution in [0.2, 0.25) is 0 Å². The lowest BCUT2D eigenvalue weighted by atomic mass is 9.75. The maximum Gasteiger partial charge on any atom is 0.290 e. The van der Waals surface area contributed by atoms with Gasteiger partial charge in [-0.1, -0.05) is 49.3 Å². The van der Waals surface area contributed by atoms with E-state index in [-0.39, 0.29) is 35.6 Å². The topological polar surface area (TPSA) is 75.4 Å². The van der Waals surface area contributed by atoms with Crippen molar-refractivity contribution >= 4 is 5.91 Å². The van der Waals surface area contributed by atoms with Gasteiger partial charge in [-0.05, 0) is 30.2 Å². The molecule has 0 spiro atoms. The van der Waals surface area contributed by atoms with Crippen LogP contribution in [-0.4, -0.2) is 22.3 Å². The number of aliphatic hydroxyl groups is 1. The summed E-state index contributed by atoms with van der Waals surface area (Å²) >= 11 is 0. The van der Waals surface area contributed by atoms with Gasteiger partial charge in [0.25, 0.3) is 5.91 Å². The van der Waals surface area contributed by atoms with Crippen molar-refractivity contribution in [2.75, 3.05) is 0 Å². The zero-order chi connectivity index (χ0) is 16.4. The summed E-state index contributed by atoms with van der Waals surface area (Å²) in [6, 6.07) is 11.4. The number of carbonyl (C=O) groups is 1. The summed E-state index contributed by atoms with van der Waals surface area (Å²) in [6.45, 7) is 4.00. The van der Waals surface area contributed by atoms with Gasteiger partial charge in [-0.25, -0.2) is 0 Å². The van der Waals surface area contributed by atoms with E-state index in [2.05, 4.69) is 10.5 Å². The van der Waals surface area contributed by atoms with Gasteiger partial charge in [0.05, 0.1) is 17.8 Å². The van der Waals surface area contributed by atoms with Gasteiger partial charge in [0, 0.05) is 6.07 Å². The molecule has 1 fully saturated rings. The fourth-order valence-corrected chi connectivity index (χ4v) is 2.92. The molecule has 1 aliphatic rings. The highest BCUT2D eigenvalue weighted by Gasteiger charge is 2.36. The molecule has 1 aromatic heterocycles. The number of rotatable bonds is 5. The van der Waals surface area contributed by atoms with Crippen LogP contribution < -0.4 is 5.32 Å². The van der Waals surface area contributed by atoms with Crippen LogP contribution in [0.1, 0.15) is 60.5 Å². The van der Waals surface area contributed by atoms with E-state index in [1.54, 1.807) is 6.07 Å². The van der Waals surface area contributed by atoms with Gasteiger partial charge in [-0.3, -0.25) is 4.79 Å². The summed E-state index contributed by atoms with van der Waals surface area (Å²) in [5.41, 5.74) is 1.81. The predicted octanol–water partition coefficient (Wildman–Crippen LogP) is 3.04. The highest BCUT2D eigenvalue weighted by Crippen LogP contribution is 2.38. The van der Waals surface area contributed by atoms with Crippen LogP contribution in [0, 0.1) is 5.92 Å². The highest BCUT2D eigenvalue weighted by molar-refractivity contribution is 5.91. The summed E-state index contributed by atoms with van der Waals surface area (Å²) in [6.07, 6.45) is 1.14. The van der Waals surface area contributed by atoms with E-state index in [1.165, 1.54) is 0 Å². The number of aliphatic hydroxyl groups excluding tert-OH is 1. The van der Waals surface area contributed by atoms with Gasteiger partial charge in [0.15, 0.2) is 0 Å². The van der Waals surface area contributed by atoms with Gasteiger partial charge in [-0.2, -0.15) is 0 Å². The summed E-state index contributed by atoms with van der Waals surface area (Å²) in [5, 5.41) is 16.6. The average Bonchev–Trinajstić information content (AvgIpc) is 3.01. The third-order valence-corrected chi connectivity index (χ3v) is 4.41. The number of amides is 1. The molecule has 1 atom stereocenters. The molecule has 1 aliphatic carbocycles. The van der Waals surface area contributed by atoms with Crippen molar-refractivity contribution in [1.29, 1.82) is 0 Å². The first kappa shape index (κ1) is 15.7. The Morgan fingerprint density at radius 1 is 1.30 bits per heavy atom. The van der Waals surface area contributed by atoms with E-state index in [4.69, 9.17) is 4.52 Å². The number of nitrogens with zero attached hydrogens (tertiary/aromatic N) is 1. The molecule has 2 N–H and O–H groups in total. The number of nitrogens with one attached hydrogen (secondary N) is 1. The molecule has 0 saturated heterocycles. The second-order valence-electron chi connectivity index (χ2n) is 6.52. The highest BCUT2D eigenvalue weighted by atomic mass is 16.5. The standard InChI is InChI=1S/C18H22N2O3/c1-11(2)15-10-16(23-20-15)18(22)19-17(13-8-14(21)9-13)12-6-4-3-5-7-12/h3-7,10-11,13-14,17,21H,8-9H2,1-2H3,(H,19,22)/t13?,14?,17-/m1/s1. The molecular formula is C18H22N2O3. The Bertz CT molecular complexity index is 660. The van der Waals surface area contributed by atoms with Crippen molar-refractivity contribution < 1.29 is 14.4 Å². The van der Waals surface area contributed by atoms with Crippen LogP contribution in [-0.2, 0) is 0 Å². The minimum absolute atomic E-state index is 0.125. The minimum Gasteiger partial charge on any atom is -0.393 e.